The lowest BCUT2D eigenvalue weighted by atomic mass is 9.68. The molecule has 2 saturated carbocycles. The molecule has 2 aliphatic rings. The molecule has 0 nitrogen and oxygen atoms in total. The topological polar surface area (TPSA) is 0 Å². The molecule has 0 spiro atoms. The lowest BCUT2D eigenvalue weighted by Crippen LogP contribution is -2.25. The quantitative estimate of drug-likeness (QED) is 0.233. The summed E-state index contributed by atoms with van der Waals surface area (Å²) in [7, 11) is 0. The molecule has 0 unspecified atom stereocenters. The number of rotatable bonds is 10. The van der Waals surface area contributed by atoms with Gasteiger partial charge in [0.05, 0.1) is 0 Å². The highest BCUT2D eigenvalue weighted by Gasteiger charge is 2.31. The first kappa shape index (κ1) is 27.0. The van der Waals surface area contributed by atoms with Gasteiger partial charge in [0.25, 0.3) is 0 Å². The van der Waals surface area contributed by atoms with E-state index in [-0.39, 0.29) is 0 Å². The predicted molar refractivity (Wildman–Crippen MR) is 156 cm³/mol. The number of hydrogen-bond donors (Lipinski definition) is 0. The van der Waals surface area contributed by atoms with Crippen molar-refractivity contribution in [2.75, 3.05) is 0 Å². The number of benzene rings is 2. The van der Waals surface area contributed by atoms with Crippen molar-refractivity contribution in [3.05, 3.63) is 70.8 Å². The van der Waals surface area contributed by atoms with Gasteiger partial charge >= 0.3 is 0 Å². The highest BCUT2D eigenvalue weighted by Crippen LogP contribution is 2.44. The average Bonchev–Trinajstić information content (AvgIpc) is 2.94. The zero-order valence-electron chi connectivity index (χ0n) is 23.2. The minimum absolute atomic E-state index is 0.758. The maximum atomic E-state index is 3.38. The average molecular weight is 483 g/mol. The lowest BCUT2D eigenvalue weighted by molar-refractivity contribution is 0.155. The van der Waals surface area contributed by atoms with Gasteiger partial charge in [0.15, 0.2) is 0 Å². The van der Waals surface area contributed by atoms with Crippen LogP contribution in [0.1, 0.15) is 138 Å². The Hall–Kier alpha value is -2.00. The summed E-state index contributed by atoms with van der Waals surface area (Å²) in [5.41, 5.74) is 5.22. The number of unbranched alkanes of at least 4 members (excludes halogenated alkanes) is 4. The third-order valence-electron chi connectivity index (χ3n) is 9.30. The summed E-state index contributed by atoms with van der Waals surface area (Å²) in [5, 5.41) is 0. The molecule has 0 aromatic heterocycles. The Morgan fingerprint density at radius 1 is 0.583 bits per heavy atom. The van der Waals surface area contributed by atoms with Gasteiger partial charge in [0.2, 0.25) is 0 Å². The normalized spacial score (nSPS) is 24.2. The Labute approximate surface area is 222 Å². The molecule has 4 rings (SSSR count). The van der Waals surface area contributed by atoms with Gasteiger partial charge in [-0.25, -0.2) is 0 Å². The van der Waals surface area contributed by atoms with Crippen molar-refractivity contribution < 1.29 is 0 Å². The van der Waals surface area contributed by atoms with Crippen LogP contribution in [-0.4, -0.2) is 0 Å². The highest BCUT2D eigenvalue weighted by molar-refractivity contribution is 5.44. The molecule has 0 N–H and O–H groups in total. The summed E-state index contributed by atoms with van der Waals surface area (Å²) >= 11 is 0. The van der Waals surface area contributed by atoms with Gasteiger partial charge in [-0.15, -0.1) is 0 Å². The van der Waals surface area contributed by atoms with E-state index >= 15 is 0 Å². The Morgan fingerprint density at radius 2 is 1.11 bits per heavy atom. The van der Waals surface area contributed by atoms with E-state index in [0.29, 0.717) is 0 Å². The fraction of sp³-hybridized carbons (Fsp3) is 0.611. The van der Waals surface area contributed by atoms with E-state index in [1.54, 1.807) is 0 Å². The van der Waals surface area contributed by atoms with Gasteiger partial charge < -0.3 is 0 Å². The van der Waals surface area contributed by atoms with Gasteiger partial charge in [-0.05, 0) is 110 Å². The summed E-state index contributed by atoms with van der Waals surface area (Å²) in [5.74, 6) is 10.6. The molecule has 2 fully saturated rings. The molecular weight excluding hydrogens is 432 g/mol. The van der Waals surface area contributed by atoms with Crippen molar-refractivity contribution >= 4 is 0 Å². The zero-order valence-corrected chi connectivity index (χ0v) is 23.2. The van der Waals surface area contributed by atoms with Crippen molar-refractivity contribution in [1.82, 2.24) is 0 Å². The third kappa shape index (κ3) is 8.26. The van der Waals surface area contributed by atoms with Crippen LogP contribution in [0.5, 0.6) is 0 Å². The Kier molecular flexibility index (Phi) is 11.0. The van der Waals surface area contributed by atoms with Crippen LogP contribution in [0.2, 0.25) is 0 Å². The molecule has 2 aromatic carbocycles. The second kappa shape index (κ2) is 14.7. The van der Waals surface area contributed by atoms with Crippen LogP contribution in [0.3, 0.4) is 0 Å². The highest BCUT2D eigenvalue weighted by atomic mass is 14.4. The summed E-state index contributed by atoms with van der Waals surface area (Å²) in [4.78, 5) is 0. The molecule has 194 valence electrons. The molecule has 2 aromatic rings. The minimum Gasteiger partial charge on any atom is -0.0654 e. The van der Waals surface area contributed by atoms with Crippen molar-refractivity contribution in [2.24, 2.45) is 17.8 Å². The summed E-state index contributed by atoms with van der Waals surface area (Å²) in [6.07, 6.45) is 22.6. The Balaban J connectivity index is 1.20. The molecule has 0 radical (unpaired) electrons. The lowest BCUT2D eigenvalue weighted by Gasteiger charge is -2.38. The maximum Gasteiger partial charge on any atom is 0.0249 e. The number of aryl methyl sites for hydroxylation is 1. The van der Waals surface area contributed by atoms with Gasteiger partial charge in [-0.1, -0.05) is 101 Å². The van der Waals surface area contributed by atoms with Gasteiger partial charge in [-0.2, -0.15) is 0 Å². The molecular formula is C36H50. The summed E-state index contributed by atoms with van der Waals surface area (Å²) in [6, 6.07) is 18.1. The maximum absolute atomic E-state index is 3.38. The minimum atomic E-state index is 0.758. The second-order valence-corrected chi connectivity index (χ2v) is 11.9. The van der Waals surface area contributed by atoms with Crippen LogP contribution in [0.25, 0.3) is 0 Å². The summed E-state index contributed by atoms with van der Waals surface area (Å²) < 4.78 is 0. The van der Waals surface area contributed by atoms with E-state index in [2.05, 4.69) is 74.2 Å². The van der Waals surface area contributed by atoms with Gasteiger partial charge in [0, 0.05) is 11.1 Å². The second-order valence-electron chi connectivity index (χ2n) is 11.9. The molecule has 0 heterocycles. The summed E-state index contributed by atoms with van der Waals surface area (Å²) in [6.45, 7) is 4.59. The molecule has 0 amide bonds. The SMILES string of the molecule is CCCCCc1ccc(C#Cc2ccc(C3CCC(C4CCC(CCCCC)CC4)CC3)cc2)cc1. The van der Waals surface area contributed by atoms with Gasteiger partial charge in [0.1, 0.15) is 0 Å². The third-order valence-corrected chi connectivity index (χ3v) is 9.30. The van der Waals surface area contributed by atoms with Crippen molar-refractivity contribution in [3.8, 4) is 11.8 Å². The molecule has 0 aliphatic heterocycles. The monoisotopic (exact) mass is 482 g/mol. The van der Waals surface area contributed by atoms with E-state index in [9.17, 15) is 0 Å². The fourth-order valence-electron chi connectivity index (χ4n) is 6.87. The first-order chi connectivity index (χ1) is 17.7. The number of hydrogen-bond acceptors (Lipinski definition) is 0. The molecule has 36 heavy (non-hydrogen) atoms. The van der Waals surface area contributed by atoms with Crippen molar-refractivity contribution in [1.29, 1.82) is 0 Å². The van der Waals surface area contributed by atoms with E-state index in [0.717, 1.165) is 34.8 Å². The van der Waals surface area contributed by atoms with Crippen LogP contribution in [0.15, 0.2) is 48.5 Å². The Bertz CT molecular complexity index is 922. The van der Waals surface area contributed by atoms with Crippen molar-refractivity contribution in [3.63, 3.8) is 0 Å². The molecule has 2 aliphatic carbocycles. The van der Waals surface area contributed by atoms with Gasteiger partial charge in [-0.3, -0.25) is 0 Å². The molecule has 0 saturated heterocycles. The van der Waals surface area contributed by atoms with Crippen LogP contribution in [0.4, 0.5) is 0 Å². The van der Waals surface area contributed by atoms with Crippen molar-refractivity contribution in [2.45, 2.75) is 122 Å². The molecule has 0 bridgehead atoms. The molecule has 0 atom stereocenters. The van der Waals surface area contributed by atoms with Crippen LogP contribution in [0, 0.1) is 29.6 Å². The smallest absolute Gasteiger partial charge is 0.0249 e. The largest absolute Gasteiger partial charge is 0.0654 e. The predicted octanol–water partition coefficient (Wildman–Crippen LogP) is 10.5. The standard InChI is InChI=1S/C36H50/c1-3-5-7-9-29-11-13-31(14-12-29)15-16-32-19-23-34(24-20-32)36-27-25-35(26-28-36)33-21-17-30(18-22-33)10-8-6-4-2/h11-14,19-20,23-24,30,33,35-36H,3-10,17-18,21-22,25-28H2,1-2H3. The van der Waals surface area contributed by atoms with E-state index < -0.39 is 0 Å². The van der Waals surface area contributed by atoms with Crippen LogP contribution in [-0.2, 0) is 6.42 Å². The first-order valence-corrected chi connectivity index (χ1v) is 15.5. The van der Waals surface area contributed by atoms with E-state index in [1.165, 1.54) is 114 Å². The van der Waals surface area contributed by atoms with E-state index in [4.69, 9.17) is 0 Å². The zero-order chi connectivity index (χ0) is 25.0. The Morgan fingerprint density at radius 3 is 1.69 bits per heavy atom. The van der Waals surface area contributed by atoms with E-state index in [1.807, 2.05) is 0 Å². The molecule has 0 heteroatoms. The first-order valence-electron chi connectivity index (χ1n) is 15.5. The van der Waals surface area contributed by atoms with Crippen LogP contribution >= 0.6 is 0 Å². The fourth-order valence-corrected chi connectivity index (χ4v) is 6.87. The van der Waals surface area contributed by atoms with Crippen LogP contribution < -0.4 is 0 Å².